The monoisotopic (exact) mass is 498 g/mol. The summed E-state index contributed by atoms with van der Waals surface area (Å²) in [7, 11) is -1.59. The Morgan fingerprint density at radius 2 is 1.96 bits per heavy atom. The zero-order valence-electron chi connectivity index (χ0n) is 14.5. The number of nitrogens with zero attached hydrogens (tertiary/aromatic N) is 2. The molecule has 1 aliphatic carbocycles. The van der Waals surface area contributed by atoms with E-state index in [2.05, 4.69) is 19.9 Å². The Bertz CT molecular complexity index is 650. The van der Waals surface area contributed by atoms with Crippen LogP contribution >= 0.6 is 35.3 Å². The molecule has 0 spiro atoms. The Morgan fingerprint density at radius 1 is 1.28 bits per heavy atom. The number of halogens is 1. The molecule has 2 atom stereocenters. The fraction of sp³-hybridized carbons (Fsp3) is 0.688. The molecule has 0 bridgehead atoms. The highest BCUT2D eigenvalue weighted by Crippen LogP contribution is 2.35. The Hall–Kier alpha value is -0.390. The maximum Gasteiger partial charge on any atom is 0.250 e. The molecule has 0 radical (unpaired) electrons. The molecule has 1 aromatic rings. The van der Waals surface area contributed by atoms with Gasteiger partial charge >= 0.3 is 0 Å². The fourth-order valence-electron chi connectivity index (χ4n) is 3.76. The molecule has 25 heavy (non-hydrogen) atoms. The van der Waals surface area contributed by atoms with Gasteiger partial charge in [0.05, 0.1) is 0 Å². The number of hydrogen-bond donors (Lipinski definition) is 2. The van der Waals surface area contributed by atoms with E-state index >= 15 is 0 Å². The first kappa shape index (κ1) is 20.9. The molecular formula is C16H27IN4O2S2. The van der Waals surface area contributed by atoms with Gasteiger partial charge in [-0.3, -0.25) is 4.99 Å². The molecule has 2 aliphatic rings. The summed E-state index contributed by atoms with van der Waals surface area (Å²) in [4.78, 5) is 6.70. The van der Waals surface area contributed by atoms with E-state index in [1.807, 2.05) is 0 Å². The van der Waals surface area contributed by atoms with Crippen LogP contribution in [0.4, 0.5) is 0 Å². The zero-order valence-corrected chi connectivity index (χ0v) is 18.4. The largest absolute Gasteiger partial charge is 0.355 e. The molecule has 1 saturated heterocycles. The number of rotatable bonds is 5. The molecule has 1 saturated carbocycles. The average molecular weight is 498 g/mol. The first-order valence-corrected chi connectivity index (χ1v) is 10.9. The van der Waals surface area contributed by atoms with Crippen LogP contribution in [0.25, 0.3) is 0 Å². The van der Waals surface area contributed by atoms with E-state index in [1.165, 1.54) is 37.0 Å². The summed E-state index contributed by atoms with van der Waals surface area (Å²) in [6.07, 6.45) is 5.37. The molecule has 0 amide bonds. The van der Waals surface area contributed by atoms with Crippen LogP contribution in [0, 0.1) is 11.8 Å². The van der Waals surface area contributed by atoms with Crippen LogP contribution < -0.4 is 10.0 Å². The van der Waals surface area contributed by atoms with Gasteiger partial charge in [-0.2, -0.15) is 0 Å². The predicted molar refractivity (Wildman–Crippen MR) is 113 cm³/mol. The maximum absolute atomic E-state index is 12.1. The van der Waals surface area contributed by atoms with E-state index in [9.17, 15) is 8.42 Å². The molecule has 0 aromatic carbocycles. The topological polar surface area (TPSA) is 73.8 Å². The standard InChI is InChI=1S/C16H26N4O2S2.HI/c1-17-16(20-11-13-5-2-3-6-14(13)12-20)18-8-9-19-24(21,22)15-7-4-10-23-15;/h4,7,10,13-14,19H,2-3,5-6,8-9,11-12H2,1H3,(H,17,18);1H. The highest BCUT2D eigenvalue weighted by Gasteiger charge is 2.35. The Balaban J connectivity index is 0.00000225. The maximum atomic E-state index is 12.1. The third-order valence-corrected chi connectivity index (χ3v) is 7.81. The molecule has 1 aromatic heterocycles. The van der Waals surface area contributed by atoms with Gasteiger partial charge in [0.1, 0.15) is 4.21 Å². The van der Waals surface area contributed by atoms with Crippen LogP contribution in [0.15, 0.2) is 26.7 Å². The van der Waals surface area contributed by atoms with Crippen molar-refractivity contribution in [2.24, 2.45) is 16.8 Å². The molecule has 3 rings (SSSR count). The third-order valence-electron chi connectivity index (χ3n) is 4.95. The van der Waals surface area contributed by atoms with Crippen molar-refractivity contribution in [3.8, 4) is 0 Å². The van der Waals surface area contributed by atoms with Crippen molar-refractivity contribution in [1.29, 1.82) is 0 Å². The number of sulfonamides is 1. The average Bonchev–Trinajstić information content (AvgIpc) is 3.24. The second kappa shape index (κ2) is 9.52. The van der Waals surface area contributed by atoms with Crippen LogP contribution in [0.1, 0.15) is 25.7 Å². The predicted octanol–water partition coefficient (Wildman–Crippen LogP) is 2.34. The number of fused-ring (bicyclic) bond motifs is 1. The number of nitrogens with one attached hydrogen (secondary N) is 2. The molecule has 2 N–H and O–H groups in total. The van der Waals surface area contributed by atoms with Crippen molar-refractivity contribution in [3.05, 3.63) is 17.5 Å². The number of thiophene rings is 1. The lowest BCUT2D eigenvalue weighted by Crippen LogP contribution is -2.43. The van der Waals surface area contributed by atoms with Gasteiger partial charge in [-0.05, 0) is 36.1 Å². The van der Waals surface area contributed by atoms with Gasteiger partial charge in [0, 0.05) is 33.2 Å². The quantitative estimate of drug-likeness (QED) is 0.283. The first-order chi connectivity index (χ1) is 11.6. The van der Waals surface area contributed by atoms with Crippen molar-refractivity contribution in [2.75, 3.05) is 33.2 Å². The minimum absolute atomic E-state index is 0. The Kier molecular flexibility index (Phi) is 7.96. The van der Waals surface area contributed by atoms with Crippen LogP contribution in [0.5, 0.6) is 0 Å². The lowest BCUT2D eigenvalue weighted by atomic mass is 9.82. The first-order valence-electron chi connectivity index (χ1n) is 8.59. The lowest BCUT2D eigenvalue weighted by Gasteiger charge is -2.22. The van der Waals surface area contributed by atoms with E-state index < -0.39 is 10.0 Å². The van der Waals surface area contributed by atoms with E-state index in [0.717, 1.165) is 30.9 Å². The minimum Gasteiger partial charge on any atom is -0.355 e. The molecule has 2 unspecified atom stereocenters. The molecule has 2 fully saturated rings. The molecule has 1 aliphatic heterocycles. The van der Waals surface area contributed by atoms with E-state index in [1.54, 1.807) is 24.6 Å². The lowest BCUT2D eigenvalue weighted by molar-refractivity contribution is 0.299. The summed E-state index contributed by atoms with van der Waals surface area (Å²) < 4.78 is 27.1. The third kappa shape index (κ3) is 5.30. The van der Waals surface area contributed by atoms with Crippen molar-refractivity contribution in [1.82, 2.24) is 14.9 Å². The number of hydrogen-bond acceptors (Lipinski definition) is 4. The molecular weight excluding hydrogens is 471 g/mol. The van der Waals surface area contributed by atoms with Crippen LogP contribution in [-0.4, -0.2) is 52.5 Å². The van der Waals surface area contributed by atoms with Gasteiger partial charge in [-0.25, -0.2) is 13.1 Å². The second-order valence-corrected chi connectivity index (χ2v) is 9.45. The highest BCUT2D eigenvalue weighted by molar-refractivity contribution is 14.0. The van der Waals surface area contributed by atoms with Gasteiger partial charge in [-0.15, -0.1) is 35.3 Å². The number of guanidine groups is 1. The zero-order chi connectivity index (χ0) is 17.0. The van der Waals surface area contributed by atoms with Crippen molar-refractivity contribution in [2.45, 2.75) is 29.9 Å². The summed E-state index contributed by atoms with van der Waals surface area (Å²) in [5, 5.41) is 5.06. The molecule has 6 nitrogen and oxygen atoms in total. The van der Waals surface area contributed by atoms with Gasteiger partial charge in [0.15, 0.2) is 5.96 Å². The smallest absolute Gasteiger partial charge is 0.250 e. The molecule has 9 heteroatoms. The van der Waals surface area contributed by atoms with Crippen molar-refractivity contribution >= 4 is 51.3 Å². The van der Waals surface area contributed by atoms with Crippen LogP contribution in [-0.2, 0) is 10.0 Å². The second-order valence-electron chi connectivity index (χ2n) is 6.51. The van der Waals surface area contributed by atoms with E-state index in [0.29, 0.717) is 17.3 Å². The van der Waals surface area contributed by atoms with Crippen molar-refractivity contribution < 1.29 is 8.42 Å². The summed E-state index contributed by atoms with van der Waals surface area (Å²) in [5.74, 6) is 2.49. The Morgan fingerprint density at radius 3 is 2.52 bits per heavy atom. The summed E-state index contributed by atoms with van der Waals surface area (Å²) in [6, 6.07) is 3.36. The van der Waals surface area contributed by atoms with Crippen molar-refractivity contribution in [3.63, 3.8) is 0 Å². The fourth-order valence-corrected chi connectivity index (χ4v) is 5.83. The van der Waals surface area contributed by atoms with Gasteiger partial charge < -0.3 is 10.2 Å². The highest BCUT2D eigenvalue weighted by atomic mass is 127. The minimum atomic E-state index is -3.38. The summed E-state index contributed by atoms with van der Waals surface area (Å²) >= 11 is 1.23. The van der Waals surface area contributed by atoms with Crippen LogP contribution in [0.3, 0.4) is 0 Å². The number of aliphatic imine (C=N–C) groups is 1. The Labute approximate surface area is 171 Å². The normalized spacial score (nSPS) is 23.9. The molecule has 142 valence electrons. The number of likely N-dealkylation sites (tertiary alicyclic amines) is 1. The van der Waals surface area contributed by atoms with E-state index in [4.69, 9.17) is 0 Å². The van der Waals surface area contributed by atoms with E-state index in [-0.39, 0.29) is 24.0 Å². The van der Waals surface area contributed by atoms with Crippen LogP contribution in [0.2, 0.25) is 0 Å². The van der Waals surface area contributed by atoms with Gasteiger partial charge in [-0.1, -0.05) is 18.9 Å². The summed E-state index contributed by atoms with van der Waals surface area (Å²) in [5.41, 5.74) is 0. The summed E-state index contributed by atoms with van der Waals surface area (Å²) in [6.45, 7) is 3.03. The van der Waals surface area contributed by atoms with Gasteiger partial charge in [0.2, 0.25) is 10.0 Å². The molecule has 2 heterocycles. The SMILES string of the molecule is CN=C(NCCNS(=O)(=O)c1cccs1)N1CC2CCCCC2C1.I. The van der Waals surface area contributed by atoms with Gasteiger partial charge in [0.25, 0.3) is 0 Å².